The predicted octanol–water partition coefficient (Wildman–Crippen LogP) is 2.04. The highest BCUT2D eigenvalue weighted by molar-refractivity contribution is 7.15. The molecule has 21 heavy (non-hydrogen) atoms. The summed E-state index contributed by atoms with van der Waals surface area (Å²) in [6.45, 7) is 4.76. The van der Waals surface area contributed by atoms with Crippen LogP contribution < -0.4 is 5.32 Å². The Bertz CT molecular complexity index is 583. The summed E-state index contributed by atoms with van der Waals surface area (Å²) in [5, 5.41) is 22.8. The zero-order chi connectivity index (χ0) is 14.8. The maximum absolute atomic E-state index is 12.5. The Hall–Kier alpha value is -1.21. The highest BCUT2D eigenvalue weighted by Gasteiger charge is 2.61. The molecule has 1 aromatic rings. The van der Waals surface area contributed by atoms with Gasteiger partial charge in [-0.25, -0.2) is 4.79 Å². The fourth-order valence-electron chi connectivity index (χ4n) is 3.88. The molecule has 1 saturated heterocycles. The monoisotopic (exact) mass is 308 g/mol. The van der Waals surface area contributed by atoms with Crippen molar-refractivity contribution < 1.29 is 9.90 Å². The molecule has 6 nitrogen and oxygen atoms in total. The lowest BCUT2D eigenvalue weighted by molar-refractivity contribution is -0.134. The van der Waals surface area contributed by atoms with Gasteiger partial charge in [-0.3, -0.25) is 5.32 Å². The highest BCUT2D eigenvalue weighted by atomic mass is 32.1. The van der Waals surface area contributed by atoms with E-state index in [1.54, 1.807) is 0 Å². The van der Waals surface area contributed by atoms with E-state index in [0.29, 0.717) is 17.6 Å². The number of fused-ring (bicyclic) bond motifs is 1. The molecular formula is C14H20N4O2S. The number of anilines is 1. The van der Waals surface area contributed by atoms with Crippen LogP contribution in [0.15, 0.2) is 0 Å². The zero-order valence-electron chi connectivity index (χ0n) is 12.2. The van der Waals surface area contributed by atoms with Crippen LogP contribution in [0.25, 0.3) is 0 Å². The van der Waals surface area contributed by atoms with Crippen LogP contribution in [0.1, 0.15) is 44.0 Å². The number of aliphatic hydroxyl groups excluding tert-OH is 1. The van der Waals surface area contributed by atoms with Gasteiger partial charge in [0, 0.05) is 29.8 Å². The number of nitrogens with zero attached hydrogens (tertiary/aromatic N) is 3. The van der Waals surface area contributed by atoms with Gasteiger partial charge < -0.3 is 10.0 Å². The number of aliphatic hydroxyl groups is 1. The smallest absolute Gasteiger partial charge is 0.323 e. The number of nitrogens with one attached hydrogen (secondary N) is 1. The third-order valence-corrected chi connectivity index (χ3v) is 6.22. The van der Waals surface area contributed by atoms with E-state index in [1.165, 1.54) is 24.2 Å². The SMILES string of the molecule is CC1(C)[C@@H]2[C@@H](CCN2C(=O)Nc2nnc(C3CC3)s2)[C@@H]1O. The Balaban J connectivity index is 1.45. The first-order chi connectivity index (χ1) is 9.98. The van der Waals surface area contributed by atoms with Gasteiger partial charge in [0.25, 0.3) is 0 Å². The van der Waals surface area contributed by atoms with E-state index in [4.69, 9.17) is 0 Å². The first-order valence-corrected chi connectivity index (χ1v) is 8.39. The van der Waals surface area contributed by atoms with Crippen LogP contribution in [0.3, 0.4) is 0 Å². The topological polar surface area (TPSA) is 78.4 Å². The standard InChI is InChI=1S/C14H20N4O2S/c1-14(2)9-8(10(14)19)5-6-18(9)13(20)15-12-17-16-11(21-12)7-3-4-7/h7-10,19H,3-6H2,1-2H3,(H,15,17,20)/t8-,9+,10+/m1/s1. The molecule has 2 saturated carbocycles. The van der Waals surface area contributed by atoms with Crippen LogP contribution in [0.5, 0.6) is 0 Å². The number of carbonyl (C=O) groups is 1. The number of aromatic nitrogens is 2. The lowest BCUT2D eigenvalue weighted by Crippen LogP contribution is -2.65. The van der Waals surface area contributed by atoms with Gasteiger partial charge >= 0.3 is 6.03 Å². The number of amides is 2. The van der Waals surface area contributed by atoms with Crippen molar-refractivity contribution >= 4 is 22.5 Å². The van der Waals surface area contributed by atoms with Crippen molar-refractivity contribution in [3.63, 3.8) is 0 Å². The molecule has 0 bridgehead atoms. The second-order valence-electron chi connectivity index (χ2n) is 7.01. The summed E-state index contributed by atoms with van der Waals surface area (Å²) in [5.41, 5.74) is -0.223. The number of urea groups is 1. The lowest BCUT2D eigenvalue weighted by atomic mass is 9.58. The van der Waals surface area contributed by atoms with Gasteiger partial charge in [-0.15, -0.1) is 10.2 Å². The lowest BCUT2D eigenvalue weighted by Gasteiger charge is -2.55. The van der Waals surface area contributed by atoms with Crippen molar-refractivity contribution in [3.05, 3.63) is 5.01 Å². The Morgan fingerprint density at radius 2 is 2.14 bits per heavy atom. The first-order valence-electron chi connectivity index (χ1n) is 7.57. The van der Waals surface area contributed by atoms with Gasteiger partial charge in [-0.1, -0.05) is 25.2 Å². The van der Waals surface area contributed by atoms with Gasteiger partial charge in [0.15, 0.2) is 0 Å². The van der Waals surface area contributed by atoms with E-state index in [9.17, 15) is 9.90 Å². The van der Waals surface area contributed by atoms with Crippen LogP contribution >= 0.6 is 11.3 Å². The average Bonchev–Trinajstić information content (AvgIpc) is 3.04. The summed E-state index contributed by atoms with van der Waals surface area (Å²) < 4.78 is 0. The molecule has 3 aliphatic rings. The highest BCUT2D eigenvalue weighted by Crippen LogP contribution is 2.53. The van der Waals surface area contributed by atoms with Crippen LogP contribution in [0, 0.1) is 11.3 Å². The summed E-state index contributed by atoms with van der Waals surface area (Å²) in [5.74, 6) is 0.784. The van der Waals surface area contributed by atoms with E-state index < -0.39 is 0 Å². The molecule has 1 aromatic heterocycles. The molecule has 0 unspecified atom stereocenters. The minimum absolute atomic E-state index is 0.110. The van der Waals surface area contributed by atoms with E-state index in [-0.39, 0.29) is 29.5 Å². The fourth-order valence-corrected chi connectivity index (χ4v) is 4.78. The Labute approximate surface area is 127 Å². The van der Waals surface area contributed by atoms with Gasteiger partial charge in [0.2, 0.25) is 5.13 Å². The molecular weight excluding hydrogens is 288 g/mol. The minimum atomic E-state index is -0.303. The molecule has 3 fully saturated rings. The quantitative estimate of drug-likeness (QED) is 0.876. The number of likely N-dealkylation sites (tertiary alicyclic amines) is 1. The maximum Gasteiger partial charge on any atom is 0.323 e. The molecule has 0 spiro atoms. The van der Waals surface area contributed by atoms with E-state index in [2.05, 4.69) is 15.5 Å². The largest absolute Gasteiger partial charge is 0.392 e. The van der Waals surface area contributed by atoms with Crippen LogP contribution in [-0.2, 0) is 0 Å². The van der Waals surface area contributed by atoms with Crippen molar-refractivity contribution in [2.45, 2.75) is 51.2 Å². The average molecular weight is 308 g/mol. The van der Waals surface area contributed by atoms with E-state index in [1.807, 2.05) is 18.7 Å². The number of carbonyl (C=O) groups excluding carboxylic acids is 1. The summed E-state index contributed by atoms with van der Waals surface area (Å²) in [6.07, 6.45) is 2.95. The molecule has 2 amide bonds. The molecule has 1 aliphatic heterocycles. The summed E-state index contributed by atoms with van der Waals surface area (Å²) >= 11 is 1.48. The second kappa shape index (κ2) is 4.39. The first kappa shape index (κ1) is 13.5. The third kappa shape index (κ3) is 1.97. The molecule has 2 aliphatic carbocycles. The maximum atomic E-state index is 12.5. The predicted molar refractivity (Wildman–Crippen MR) is 79.3 cm³/mol. The Morgan fingerprint density at radius 3 is 2.86 bits per heavy atom. The summed E-state index contributed by atoms with van der Waals surface area (Å²) in [4.78, 5) is 14.3. The van der Waals surface area contributed by atoms with Gasteiger partial charge in [-0.05, 0) is 19.3 Å². The molecule has 7 heteroatoms. The second-order valence-corrected chi connectivity index (χ2v) is 8.02. The number of hydrogen-bond acceptors (Lipinski definition) is 5. The van der Waals surface area contributed by atoms with Gasteiger partial charge in [-0.2, -0.15) is 0 Å². The molecule has 2 heterocycles. The van der Waals surface area contributed by atoms with Crippen LogP contribution in [0.4, 0.5) is 9.93 Å². The molecule has 0 aromatic carbocycles. The Kier molecular flexibility index (Phi) is 2.81. The van der Waals surface area contributed by atoms with Gasteiger partial charge in [0.1, 0.15) is 5.01 Å². The van der Waals surface area contributed by atoms with E-state index in [0.717, 1.165) is 11.4 Å². The normalized spacial score (nSPS) is 33.5. The minimum Gasteiger partial charge on any atom is -0.392 e. The third-order valence-electron chi connectivity index (χ3n) is 5.22. The number of rotatable bonds is 2. The van der Waals surface area contributed by atoms with E-state index >= 15 is 0 Å². The molecule has 3 atom stereocenters. The molecule has 2 N–H and O–H groups in total. The van der Waals surface area contributed by atoms with Crippen LogP contribution in [0.2, 0.25) is 0 Å². The number of hydrogen-bond donors (Lipinski definition) is 2. The summed E-state index contributed by atoms with van der Waals surface area (Å²) in [6, 6.07) is 0.0179. The van der Waals surface area contributed by atoms with Crippen LogP contribution in [-0.4, -0.2) is 44.9 Å². The fraction of sp³-hybridized carbons (Fsp3) is 0.786. The van der Waals surface area contributed by atoms with Crippen molar-refractivity contribution in [2.24, 2.45) is 11.3 Å². The molecule has 114 valence electrons. The van der Waals surface area contributed by atoms with Crippen molar-refractivity contribution in [2.75, 3.05) is 11.9 Å². The van der Waals surface area contributed by atoms with Crippen molar-refractivity contribution in [3.8, 4) is 0 Å². The van der Waals surface area contributed by atoms with Crippen molar-refractivity contribution in [1.29, 1.82) is 0 Å². The summed E-state index contributed by atoms with van der Waals surface area (Å²) in [7, 11) is 0. The van der Waals surface area contributed by atoms with Gasteiger partial charge in [0.05, 0.1) is 6.10 Å². The Morgan fingerprint density at radius 1 is 1.38 bits per heavy atom. The van der Waals surface area contributed by atoms with Crippen molar-refractivity contribution in [1.82, 2.24) is 15.1 Å². The zero-order valence-corrected chi connectivity index (χ0v) is 13.1. The molecule has 4 rings (SSSR count). The molecule has 0 radical (unpaired) electrons.